The van der Waals surface area contributed by atoms with Gasteiger partial charge >= 0.3 is 0 Å². The highest BCUT2D eigenvalue weighted by Gasteiger charge is 1.98. The van der Waals surface area contributed by atoms with E-state index in [1.165, 1.54) is 18.2 Å². The first-order valence-corrected chi connectivity index (χ1v) is 6.35. The Hall–Kier alpha value is -1.57. The molecule has 0 aliphatic heterocycles. The maximum absolute atomic E-state index is 4.58. The molecule has 1 N–H and O–H groups in total. The van der Waals surface area contributed by atoms with Gasteiger partial charge in [-0.3, -0.25) is 0 Å². The first kappa shape index (κ1) is 11.9. The van der Waals surface area contributed by atoms with Crippen molar-refractivity contribution in [3.05, 3.63) is 36.4 Å². The van der Waals surface area contributed by atoms with E-state index in [0.717, 1.165) is 23.8 Å². The molecule has 0 amide bonds. The van der Waals surface area contributed by atoms with Gasteiger partial charge in [-0.05, 0) is 37.0 Å². The molecular formula is C15H20N2. The zero-order valence-electron chi connectivity index (χ0n) is 10.6. The number of pyridine rings is 1. The van der Waals surface area contributed by atoms with Crippen LogP contribution in [0.15, 0.2) is 36.4 Å². The summed E-state index contributed by atoms with van der Waals surface area (Å²) in [6.07, 6.45) is 2.47. The van der Waals surface area contributed by atoms with Crippen molar-refractivity contribution in [1.29, 1.82) is 0 Å². The number of nitrogens with zero attached hydrogens (tertiary/aromatic N) is 1. The van der Waals surface area contributed by atoms with Crippen molar-refractivity contribution in [2.75, 3.05) is 11.9 Å². The Kier molecular flexibility index (Phi) is 3.97. The van der Waals surface area contributed by atoms with Crippen LogP contribution in [0.1, 0.15) is 26.7 Å². The van der Waals surface area contributed by atoms with Crippen LogP contribution in [0.25, 0.3) is 10.9 Å². The summed E-state index contributed by atoms with van der Waals surface area (Å²) in [5.41, 5.74) is 1.06. The molecule has 0 atom stereocenters. The molecule has 0 aliphatic rings. The van der Waals surface area contributed by atoms with Crippen LogP contribution in [0.2, 0.25) is 0 Å². The van der Waals surface area contributed by atoms with Gasteiger partial charge in [-0.15, -0.1) is 0 Å². The number of anilines is 1. The van der Waals surface area contributed by atoms with Crippen molar-refractivity contribution in [2.24, 2.45) is 5.92 Å². The van der Waals surface area contributed by atoms with Crippen LogP contribution in [0.4, 0.5) is 5.82 Å². The second-order valence-electron chi connectivity index (χ2n) is 4.85. The van der Waals surface area contributed by atoms with Crippen LogP contribution in [-0.4, -0.2) is 11.5 Å². The van der Waals surface area contributed by atoms with E-state index in [1.807, 2.05) is 12.1 Å². The van der Waals surface area contributed by atoms with Gasteiger partial charge in [-0.2, -0.15) is 0 Å². The first-order chi connectivity index (χ1) is 8.25. The Morgan fingerprint density at radius 1 is 1.12 bits per heavy atom. The number of aromatic nitrogens is 1. The van der Waals surface area contributed by atoms with Crippen LogP contribution < -0.4 is 5.32 Å². The molecule has 0 bridgehead atoms. The largest absolute Gasteiger partial charge is 0.370 e. The molecule has 1 heterocycles. The van der Waals surface area contributed by atoms with Gasteiger partial charge in [0.05, 0.1) is 5.52 Å². The van der Waals surface area contributed by atoms with Gasteiger partial charge in [0.15, 0.2) is 0 Å². The van der Waals surface area contributed by atoms with E-state index >= 15 is 0 Å². The lowest BCUT2D eigenvalue weighted by molar-refractivity contribution is 0.567. The molecular weight excluding hydrogens is 208 g/mol. The zero-order valence-corrected chi connectivity index (χ0v) is 10.6. The highest BCUT2D eigenvalue weighted by atomic mass is 15.0. The minimum Gasteiger partial charge on any atom is -0.370 e. The fraction of sp³-hybridized carbons (Fsp3) is 0.400. The van der Waals surface area contributed by atoms with Crippen molar-refractivity contribution in [3.63, 3.8) is 0 Å². The summed E-state index contributed by atoms with van der Waals surface area (Å²) in [6, 6.07) is 12.4. The van der Waals surface area contributed by atoms with Gasteiger partial charge < -0.3 is 5.32 Å². The molecule has 0 spiro atoms. The molecule has 17 heavy (non-hydrogen) atoms. The van der Waals surface area contributed by atoms with Crippen molar-refractivity contribution in [1.82, 2.24) is 4.98 Å². The fourth-order valence-electron chi connectivity index (χ4n) is 1.89. The zero-order chi connectivity index (χ0) is 12.1. The normalized spacial score (nSPS) is 11.0. The molecule has 2 heteroatoms. The average Bonchev–Trinajstić information content (AvgIpc) is 2.34. The number of rotatable bonds is 5. The molecule has 2 rings (SSSR count). The number of fused-ring (bicyclic) bond motifs is 1. The molecule has 90 valence electrons. The SMILES string of the molecule is CC(C)CCCNc1ccc2ccccc2n1. The molecule has 0 fully saturated rings. The van der Waals surface area contributed by atoms with Gasteiger partial charge in [0.1, 0.15) is 5.82 Å². The Morgan fingerprint density at radius 2 is 1.94 bits per heavy atom. The molecule has 0 saturated carbocycles. The number of hydrogen-bond donors (Lipinski definition) is 1. The molecule has 2 aromatic rings. The van der Waals surface area contributed by atoms with Gasteiger partial charge in [-0.1, -0.05) is 32.0 Å². The minimum absolute atomic E-state index is 0.779. The highest BCUT2D eigenvalue weighted by molar-refractivity contribution is 5.79. The van der Waals surface area contributed by atoms with Gasteiger partial charge in [-0.25, -0.2) is 4.98 Å². The van der Waals surface area contributed by atoms with Crippen molar-refractivity contribution in [2.45, 2.75) is 26.7 Å². The Bertz CT molecular complexity index is 477. The smallest absolute Gasteiger partial charge is 0.126 e. The van der Waals surface area contributed by atoms with Gasteiger partial charge in [0.25, 0.3) is 0 Å². The summed E-state index contributed by atoms with van der Waals surface area (Å²) in [7, 11) is 0. The van der Waals surface area contributed by atoms with Gasteiger partial charge in [0.2, 0.25) is 0 Å². The fourth-order valence-corrected chi connectivity index (χ4v) is 1.89. The highest BCUT2D eigenvalue weighted by Crippen LogP contribution is 2.14. The molecule has 0 saturated heterocycles. The number of nitrogens with one attached hydrogen (secondary N) is 1. The number of para-hydroxylation sites is 1. The summed E-state index contributed by atoms with van der Waals surface area (Å²) in [6.45, 7) is 5.52. The van der Waals surface area contributed by atoms with E-state index in [0.29, 0.717) is 0 Å². The summed E-state index contributed by atoms with van der Waals surface area (Å²) in [4.78, 5) is 4.58. The Labute approximate surface area is 103 Å². The summed E-state index contributed by atoms with van der Waals surface area (Å²) in [5, 5.41) is 4.58. The molecule has 2 nitrogen and oxygen atoms in total. The number of benzene rings is 1. The van der Waals surface area contributed by atoms with E-state index in [4.69, 9.17) is 0 Å². The summed E-state index contributed by atoms with van der Waals surface area (Å²) in [5.74, 6) is 1.76. The van der Waals surface area contributed by atoms with Crippen molar-refractivity contribution < 1.29 is 0 Å². The van der Waals surface area contributed by atoms with E-state index in [1.54, 1.807) is 0 Å². The molecule has 0 aliphatic carbocycles. The maximum Gasteiger partial charge on any atom is 0.126 e. The van der Waals surface area contributed by atoms with Crippen LogP contribution >= 0.6 is 0 Å². The van der Waals surface area contributed by atoms with E-state index in [-0.39, 0.29) is 0 Å². The Morgan fingerprint density at radius 3 is 2.76 bits per heavy atom. The van der Waals surface area contributed by atoms with Crippen LogP contribution in [0, 0.1) is 5.92 Å². The standard InChI is InChI=1S/C15H20N2/c1-12(2)6-5-11-16-15-10-9-13-7-3-4-8-14(13)17-15/h3-4,7-10,12H,5-6,11H2,1-2H3,(H,16,17). The third-order valence-electron chi connectivity index (χ3n) is 2.86. The van der Waals surface area contributed by atoms with E-state index in [9.17, 15) is 0 Å². The minimum atomic E-state index is 0.779. The van der Waals surface area contributed by atoms with Crippen molar-refractivity contribution >= 4 is 16.7 Å². The van der Waals surface area contributed by atoms with E-state index in [2.05, 4.69) is 48.4 Å². The lowest BCUT2D eigenvalue weighted by Crippen LogP contribution is -2.04. The van der Waals surface area contributed by atoms with E-state index < -0.39 is 0 Å². The quantitative estimate of drug-likeness (QED) is 0.780. The van der Waals surface area contributed by atoms with Gasteiger partial charge in [0, 0.05) is 11.9 Å². The molecule has 0 unspecified atom stereocenters. The number of hydrogen-bond acceptors (Lipinski definition) is 2. The predicted molar refractivity (Wildman–Crippen MR) is 74.3 cm³/mol. The lowest BCUT2D eigenvalue weighted by Gasteiger charge is -2.07. The van der Waals surface area contributed by atoms with Crippen LogP contribution in [0.3, 0.4) is 0 Å². The summed E-state index contributed by atoms with van der Waals surface area (Å²) >= 11 is 0. The molecule has 0 radical (unpaired) electrons. The lowest BCUT2D eigenvalue weighted by atomic mass is 10.1. The van der Waals surface area contributed by atoms with Crippen LogP contribution in [0.5, 0.6) is 0 Å². The first-order valence-electron chi connectivity index (χ1n) is 6.35. The second-order valence-corrected chi connectivity index (χ2v) is 4.85. The third kappa shape index (κ3) is 3.45. The molecule has 1 aromatic carbocycles. The van der Waals surface area contributed by atoms with Crippen LogP contribution in [-0.2, 0) is 0 Å². The monoisotopic (exact) mass is 228 g/mol. The Balaban J connectivity index is 1.95. The second kappa shape index (κ2) is 5.67. The topological polar surface area (TPSA) is 24.9 Å². The third-order valence-corrected chi connectivity index (χ3v) is 2.86. The maximum atomic E-state index is 4.58. The average molecular weight is 228 g/mol. The predicted octanol–water partition coefficient (Wildman–Crippen LogP) is 4.08. The van der Waals surface area contributed by atoms with Crippen molar-refractivity contribution in [3.8, 4) is 0 Å². The molecule has 1 aromatic heterocycles. The summed E-state index contributed by atoms with van der Waals surface area (Å²) < 4.78 is 0.